The average Bonchev–Trinajstić information content (AvgIpc) is 2.93. The Morgan fingerprint density at radius 3 is 2.60 bits per heavy atom. The van der Waals surface area contributed by atoms with Crippen molar-refractivity contribution in [3.05, 3.63) is 38.9 Å². The van der Waals surface area contributed by atoms with Crippen LogP contribution >= 0.6 is 34.5 Å². The first-order chi connectivity index (χ1) is 11.8. The van der Waals surface area contributed by atoms with Crippen LogP contribution in [0.1, 0.15) is 41.7 Å². The molecular formula is C17H16Cl2N4OS. The molecule has 3 aromatic rings. The molecule has 0 bridgehead atoms. The summed E-state index contributed by atoms with van der Waals surface area (Å²) in [6, 6.07) is 5.25. The second-order valence-corrected chi connectivity index (χ2v) is 7.57. The minimum atomic E-state index is -0.578. The van der Waals surface area contributed by atoms with E-state index in [-0.39, 0.29) is 10.8 Å². The zero-order valence-electron chi connectivity index (χ0n) is 13.6. The van der Waals surface area contributed by atoms with Crippen LogP contribution in [0, 0.1) is 0 Å². The third kappa shape index (κ3) is 3.17. The van der Waals surface area contributed by atoms with Gasteiger partial charge in [-0.15, -0.1) is 11.3 Å². The molecule has 0 fully saturated rings. The van der Waals surface area contributed by atoms with Gasteiger partial charge in [0.05, 0.1) is 26.8 Å². The summed E-state index contributed by atoms with van der Waals surface area (Å²) < 4.78 is 0. The van der Waals surface area contributed by atoms with Gasteiger partial charge in [0.1, 0.15) is 15.5 Å². The predicted octanol–water partition coefficient (Wildman–Crippen LogP) is 4.86. The fraction of sp³-hybridized carbons (Fsp3) is 0.235. The van der Waals surface area contributed by atoms with Gasteiger partial charge in [-0.1, -0.05) is 43.1 Å². The highest BCUT2D eigenvalue weighted by Gasteiger charge is 2.22. The van der Waals surface area contributed by atoms with E-state index in [1.165, 1.54) is 11.3 Å². The van der Waals surface area contributed by atoms with Crippen molar-refractivity contribution in [3.63, 3.8) is 0 Å². The van der Waals surface area contributed by atoms with Crippen molar-refractivity contribution in [1.82, 2.24) is 9.97 Å². The van der Waals surface area contributed by atoms with Gasteiger partial charge in [0.25, 0.3) is 5.91 Å². The Bertz CT molecular complexity index is 986. The van der Waals surface area contributed by atoms with E-state index in [1.807, 2.05) is 13.0 Å². The van der Waals surface area contributed by atoms with Gasteiger partial charge in [-0.25, -0.2) is 9.97 Å². The number of halogens is 2. The summed E-state index contributed by atoms with van der Waals surface area (Å²) in [5, 5.41) is 1.48. The number of anilines is 1. The van der Waals surface area contributed by atoms with Crippen molar-refractivity contribution < 1.29 is 4.79 Å². The fourth-order valence-electron chi connectivity index (χ4n) is 2.48. The summed E-state index contributed by atoms with van der Waals surface area (Å²) in [5.41, 5.74) is 13.3. The van der Waals surface area contributed by atoms with Crippen LogP contribution in [0.4, 0.5) is 5.69 Å². The van der Waals surface area contributed by atoms with Gasteiger partial charge in [-0.05, 0) is 18.6 Å². The molecule has 0 saturated heterocycles. The molecule has 1 aromatic carbocycles. The normalized spacial score (nSPS) is 12.5. The van der Waals surface area contributed by atoms with Crippen LogP contribution in [0.3, 0.4) is 0 Å². The van der Waals surface area contributed by atoms with Gasteiger partial charge in [0.15, 0.2) is 0 Å². The Labute approximate surface area is 159 Å². The molecule has 5 nitrogen and oxygen atoms in total. The molecule has 1 atom stereocenters. The first kappa shape index (κ1) is 17.9. The van der Waals surface area contributed by atoms with E-state index >= 15 is 0 Å². The lowest BCUT2D eigenvalue weighted by atomic mass is 10.1. The van der Waals surface area contributed by atoms with E-state index in [4.69, 9.17) is 39.7 Å². The van der Waals surface area contributed by atoms with E-state index in [2.05, 4.69) is 11.9 Å². The quantitative estimate of drug-likeness (QED) is 0.660. The molecule has 4 N–H and O–H groups in total. The standard InChI is InChI=1S/C17H16Cl2N4OS/c1-3-7(2)16-22-13(8-4-5-9(18)10(19)6-8)11-12(20)14(15(21)24)25-17(11)23-16/h4-7H,3,20H2,1-2H3,(H2,21,24). The average molecular weight is 395 g/mol. The number of fused-ring (bicyclic) bond motifs is 1. The van der Waals surface area contributed by atoms with Crippen molar-refractivity contribution in [2.24, 2.45) is 5.73 Å². The van der Waals surface area contributed by atoms with E-state index in [9.17, 15) is 4.79 Å². The number of amides is 1. The third-order valence-corrected chi connectivity index (χ3v) is 5.93. The maximum absolute atomic E-state index is 11.7. The van der Waals surface area contributed by atoms with Crippen LogP contribution in [0.2, 0.25) is 10.0 Å². The molecule has 0 aliphatic heterocycles. The van der Waals surface area contributed by atoms with E-state index in [1.54, 1.807) is 12.1 Å². The van der Waals surface area contributed by atoms with Gasteiger partial charge in [0, 0.05) is 11.5 Å². The Kier molecular flexibility index (Phi) is 4.86. The SMILES string of the molecule is CCC(C)c1nc(-c2ccc(Cl)c(Cl)c2)c2c(N)c(C(N)=O)sc2n1. The predicted molar refractivity (Wildman–Crippen MR) is 105 cm³/mol. The Morgan fingerprint density at radius 1 is 1.28 bits per heavy atom. The van der Waals surface area contributed by atoms with Crippen LogP contribution < -0.4 is 11.5 Å². The number of aromatic nitrogens is 2. The maximum Gasteiger partial charge on any atom is 0.260 e. The minimum Gasteiger partial charge on any atom is -0.397 e. The highest BCUT2D eigenvalue weighted by molar-refractivity contribution is 7.21. The van der Waals surface area contributed by atoms with Crippen LogP contribution in [0.15, 0.2) is 18.2 Å². The molecule has 0 spiro atoms. The number of nitrogens with two attached hydrogens (primary N) is 2. The third-order valence-electron chi connectivity index (χ3n) is 4.08. The van der Waals surface area contributed by atoms with Crippen molar-refractivity contribution in [2.45, 2.75) is 26.2 Å². The van der Waals surface area contributed by atoms with Gasteiger partial charge < -0.3 is 11.5 Å². The Hall–Kier alpha value is -1.89. The lowest BCUT2D eigenvalue weighted by Gasteiger charge is -2.11. The number of nitrogen functional groups attached to an aromatic ring is 1. The topological polar surface area (TPSA) is 94.9 Å². The zero-order chi connectivity index (χ0) is 18.3. The number of benzene rings is 1. The molecule has 0 radical (unpaired) electrons. The number of hydrogen-bond donors (Lipinski definition) is 2. The van der Waals surface area contributed by atoms with Crippen LogP contribution in [-0.4, -0.2) is 15.9 Å². The first-order valence-electron chi connectivity index (χ1n) is 7.68. The first-order valence-corrected chi connectivity index (χ1v) is 9.25. The van der Waals surface area contributed by atoms with Gasteiger partial charge in [-0.3, -0.25) is 4.79 Å². The molecule has 0 saturated carbocycles. The zero-order valence-corrected chi connectivity index (χ0v) is 16.0. The number of nitrogens with zero attached hydrogens (tertiary/aromatic N) is 2. The van der Waals surface area contributed by atoms with Crippen LogP contribution in [0.25, 0.3) is 21.5 Å². The molecule has 2 aromatic heterocycles. The molecule has 130 valence electrons. The van der Waals surface area contributed by atoms with Crippen molar-refractivity contribution >= 4 is 56.3 Å². The van der Waals surface area contributed by atoms with Gasteiger partial charge in [-0.2, -0.15) is 0 Å². The second-order valence-electron chi connectivity index (χ2n) is 5.76. The number of carbonyl (C=O) groups is 1. The molecule has 1 unspecified atom stereocenters. The lowest BCUT2D eigenvalue weighted by Crippen LogP contribution is -2.10. The molecule has 0 aliphatic rings. The molecule has 25 heavy (non-hydrogen) atoms. The molecule has 1 amide bonds. The molecular weight excluding hydrogens is 379 g/mol. The smallest absolute Gasteiger partial charge is 0.260 e. The van der Waals surface area contributed by atoms with Crippen LogP contribution in [-0.2, 0) is 0 Å². The highest BCUT2D eigenvalue weighted by atomic mass is 35.5. The van der Waals surface area contributed by atoms with Crippen LogP contribution in [0.5, 0.6) is 0 Å². The molecule has 0 aliphatic carbocycles. The van der Waals surface area contributed by atoms with Gasteiger partial charge >= 0.3 is 0 Å². The number of primary amides is 1. The summed E-state index contributed by atoms with van der Waals surface area (Å²) in [6.45, 7) is 4.11. The highest BCUT2D eigenvalue weighted by Crippen LogP contribution is 2.40. The fourth-order valence-corrected chi connectivity index (χ4v) is 3.73. The monoisotopic (exact) mass is 394 g/mol. The number of hydrogen-bond acceptors (Lipinski definition) is 5. The number of thiophene rings is 1. The van der Waals surface area contributed by atoms with E-state index in [0.29, 0.717) is 37.5 Å². The molecule has 3 rings (SSSR count). The minimum absolute atomic E-state index is 0.159. The summed E-state index contributed by atoms with van der Waals surface area (Å²) in [6.07, 6.45) is 0.885. The van der Waals surface area contributed by atoms with E-state index in [0.717, 1.165) is 12.0 Å². The molecule has 2 heterocycles. The summed E-state index contributed by atoms with van der Waals surface area (Å²) in [7, 11) is 0. The number of rotatable bonds is 4. The molecule has 8 heteroatoms. The van der Waals surface area contributed by atoms with Crippen molar-refractivity contribution in [2.75, 3.05) is 5.73 Å². The summed E-state index contributed by atoms with van der Waals surface area (Å²) >= 11 is 13.4. The number of carbonyl (C=O) groups excluding carboxylic acids is 1. The van der Waals surface area contributed by atoms with E-state index < -0.39 is 5.91 Å². The summed E-state index contributed by atoms with van der Waals surface area (Å²) in [4.78, 5) is 21.9. The summed E-state index contributed by atoms with van der Waals surface area (Å²) in [5.74, 6) is 0.269. The maximum atomic E-state index is 11.7. The lowest BCUT2D eigenvalue weighted by molar-refractivity contribution is 0.100. The second kappa shape index (κ2) is 6.78. The van der Waals surface area contributed by atoms with Gasteiger partial charge in [0.2, 0.25) is 0 Å². The Morgan fingerprint density at radius 2 is 2.00 bits per heavy atom. The van der Waals surface area contributed by atoms with Crippen molar-refractivity contribution in [3.8, 4) is 11.3 Å². The largest absolute Gasteiger partial charge is 0.397 e. The Balaban J connectivity index is 2.37. The van der Waals surface area contributed by atoms with Crippen molar-refractivity contribution in [1.29, 1.82) is 0 Å².